The van der Waals surface area contributed by atoms with Crippen LogP contribution in [0.3, 0.4) is 0 Å². The van der Waals surface area contributed by atoms with Crippen molar-refractivity contribution >= 4 is 17.3 Å². The molecule has 0 unspecified atom stereocenters. The molecule has 3 heteroatoms. The summed E-state index contributed by atoms with van der Waals surface area (Å²) in [6.07, 6.45) is 0.720. The number of amides is 1. The van der Waals surface area contributed by atoms with E-state index in [4.69, 9.17) is 0 Å². The summed E-state index contributed by atoms with van der Waals surface area (Å²) in [5, 5.41) is 3.70. The maximum Gasteiger partial charge on any atom is 0.260 e. The lowest BCUT2D eigenvalue weighted by atomic mass is 10.0. The van der Waals surface area contributed by atoms with Crippen LogP contribution in [0.1, 0.15) is 45.7 Å². The largest absolute Gasteiger partial charge is 0.361 e. The van der Waals surface area contributed by atoms with Gasteiger partial charge in [0.1, 0.15) is 6.17 Å². The van der Waals surface area contributed by atoms with Crippen LogP contribution < -0.4 is 10.2 Å². The number of hydrogen-bond donors (Lipinski definition) is 1. The molecule has 0 saturated heterocycles. The summed E-state index contributed by atoms with van der Waals surface area (Å²) < 4.78 is 0. The molecule has 0 bridgehead atoms. The number of rotatable bonds is 4. The van der Waals surface area contributed by atoms with Crippen molar-refractivity contribution < 1.29 is 4.79 Å². The molecule has 0 saturated carbocycles. The fraction of sp³-hybridized carbons (Fsp3) is 0.208. The van der Waals surface area contributed by atoms with E-state index >= 15 is 0 Å². The molecule has 1 atom stereocenters. The average Bonchev–Trinajstić information content (AvgIpc) is 2.96. The van der Waals surface area contributed by atoms with Gasteiger partial charge in [-0.1, -0.05) is 61.5 Å². The summed E-state index contributed by atoms with van der Waals surface area (Å²) in [5.41, 5.74) is 7.40. The highest BCUT2D eigenvalue weighted by Crippen LogP contribution is 2.40. The van der Waals surface area contributed by atoms with E-state index in [-0.39, 0.29) is 12.1 Å². The minimum absolute atomic E-state index is 0.0454. The lowest BCUT2D eigenvalue weighted by Crippen LogP contribution is -2.33. The van der Waals surface area contributed by atoms with Crippen molar-refractivity contribution in [2.24, 2.45) is 0 Å². The number of nitrogens with one attached hydrogen (secondary N) is 1. The quantitative estimate of drug-likeness (QED) is 0.656. The molecule has 0 aliphatic carbocycles. The monoisotopic (exact) mass is 356 g/mol. The van der Waals surface area contributed by atoms with E-state index in [1.165, 1.54) is 11.1 Å². The van der Waals surface area contributed by atoms with Gasteiger partial charge in [0.15, 0.2) is 0 Å². The lowest BCUT2D eigenvalue weighted by molar-refractivity contribution is 0.0992. The molecule has 3 nitrogen and oxygen atoms in total. The average molecular weight is 356 g/mol. The van der Waals surface area contributed by atoms with Gasteiger partial charge >= 0.3 is 0 Å². The number of nitrogens with zero attached hydrogens (tertiary/aromatic N) is 1. The van der Waals surface area contributed by atoms with E-state index in [2.05, 4.69) is 37.4 Å². The van der Waals surface area contributed by atoms with E-state index < -0.39 is 0 Å². The van der Waals surface area contributed by atoms with Crippen molar-refractivity contribution in [3.05, 3.63) is 94.5 Å². The smallest absolute Gasteiger partial charge is 0.260 e. The van der Waals surface area contributed by atoms with Crippen LogP contribution in [0.2, 0.25) is 0 Å². The standard InChI is InChI=1S/C24H24N2O/c1-4-18-12-9-11-17(3)22(18)25-23-19-13-6-7-14-20(19)24(27)26(23)21-15-8-5-10-16(21)2/h5-15,23,25H,4H2,1-3H3/t23-/m1/s1. The van der Waals surface area contributed by atoms with Crippen LogP contribution in [-0.2, 0) is 6.42 Å². The van der Waals surface area contributed by atoms with Crippen LogP contribution in [0.15, 0.2) is 66.7 Å². The van der Waals surface area contributed by atoms with Crippen molar-refractivity contribution in [1.82, 2.24) is 0 Å². The Morgan fingerprint density at radius 1 is 0.889 bits per heavy atom. The highest BCUT2D eigenvalue weighted by atomic mass is 16.2. The Labute approximate surface area is 160 Å². The van der Waals surface area contributed by atoms with Crippen molar-refractivity contribution in [1.29, 1.82) is 0 Å². The number of hydrogen-bond acceptors (Lipinski definition) is 2. The van der Waals surface area contributed by atoms with Gasteiger partial charge in [-0.25, -0.2) is 0 Å². The van der Waals surface area contributed by atoms with Crippen LogP contribution in [0.4, 0.5) is 11.4 Å². The lowest BCUT2D eigenvalue weighted by Gasteiger charge is -2.30. The van der Waals surface area contributed by atoms with Gasteiger partial charge < -0.3 is 5.32 Å². The first-order chi connectivity index (χ1) is 13.1. The number of anilines is 2. The number of aryl methyl sites for hydroxylation is 3. The zero-order chi connectivity index (χ0) is 19.0. The zero-order valence-electron chi connectivity index (χ0n) is 16.0. The molecular formula is C24H24N2O. The Kier molecular flexibility index (Phi) is 4.44. The fourth-order valence-corrected chi connectivity index (χ4v) is 3.91. The Balaban J connectivity index is 1.85. The predicted octanol–water partition coefficient (Wildman–Crippen LogP) is 5.64. The minimum atomic E-state index is -0.221. The van der Waals surface area contributed by atoms with Gasteiger partial charge in [-0.05, 0) is 49.1 Å². The Bertz CT molecular complexity index is 1010. The van der Waals surface area contributed by atoms with Crippen LogP contribution in [0, 0.1) is 13.8 Å². The summed E-state index contributed by atoms with van der Waals surface area (Å²) in [6.45, 7) is 6.32. The summed E-state index contributed by atoms with van der Waals surface area (Å²) in [4.78, 5) is 15.2. The topological polar surface area (TPSA) is 32.3 Å². The summed E-state index contributed by atoms with van der Waals surface area (Å²) >= 11 is 0. The number of carbonyl (C=O) groups is 1. The Morgan fingerprint density at radius 3 is 2.37 bits per heavy atom. The second-order valence-corrected chi connectivity index (χ2v) is 7.06. The van der Waals surface area contributed by atoms with Gasteiger partial charge in [-0.3, -0.25) is 9.69 Å². The Hall–Kier alpha value is -3.07. The highest BCUT2D eigenvalue weighted by molar-refractivity contribution is 6.11. The first kappa shape index (κ1) is 17.3. The molecule has 3 aromatic carbocycles. The molecule has 1 amide bonds. The van der Waals surface area contributed by atoms with E-state index in [1.54, 1.807) is 0 Å². The van der Waals surface area contributed by atoms with Gasteiger partial charge in [-0.15, -0.1) is 0 Å². The first-order valence-electron chi connectivity index (χ1n) is 9.45. The highest BCUT2D eigenvalue weighted by Gasteiger charge is 2.38. The van der Waals surface area contributed by atoms with E-state index in [0.717, 1.165) is 34.5 Å². The Morgan fingerprint density at radius 2 is 1.59 bits per heavy atom. The van der Waals surface area contributed by atoms with Gasteiger partial charge in [0.2, 0.25) is 0 Å². The molecule has 27 heavy (non-hydrogen) atoms. The van der Waals surface area contributed by atoms with Crippen molar-refractivity contribution in [2.75, 3.05) is 10.2 Å². The van der Waals surface area contributed by atoms with Gasteiger partial charge in [0.05, 0.1) is 0 Å². The number of fused-ring (bicyclic) bond motifs is 1. The number of para-hydroxylation sites is 2. The first-order valence-corrected chi connectivity index (χ1v) is 9.45. The third kappa shape index (κ3) is 2.89. The van der Waals surface area contributed by atoms with Crippen molar-refractivity contribution in [2.45, 2.75) is 33.4 Å². The molecule has 0 aromatic heterocycles. The molecule has 1 heterocycles. The number of carbonyl (C=O) groups excluding carboxylic acids is 1. The van der Waals surface area contributed by atoms with E-state index in [0.29, 0.717) is 0 Å². The van der Waals surface area contributed by atoms with E-state index in [1.807, 2.05) is 60.4 Å². The van der Waals surface area contributed by atoms with Crippen LogP contribution in [0.25, 0.3) is 0 Å². The summed E-state index contributed by atoms with van der Waals surface area (Å²) in [6, 6.07) is 22.3. The normalized spacial score (nSPS) is 15.7. The molecule has 1 aliphatic heterocycles. The third-order valence-electron chi connectivity index (χ3n) is 5.36. The second kappa shape index (κ2) is 6.92. The van der Waals surface area contributed by atoms with Crippen LogP contribution in [-0.4, -0.2) is 5.91 Å². The van der Waals surface area contributed by atoms with Crippen molar-refractivity contribution in [3.63, 3.8) is 0 Å². The molecule has 1 N–H and O–H groups in total. The predicted molar refractivity (Wildman–Crippen MR) is 111 cm³/mol. The summed E-state index contributed by atoms with van der Waals surface area (Å²) in [7, 11) is 0. The van der Waals surface area contributed by atoms with Gasteiger partial charge in [-0.2, -0.15) is 0 Å². The molecule has 0 radical (unpaired) electrons. The second-order valence-electron chi connectivity index (χ2n) is 7.06. The molecule has 4 rings (SSSR count). The maximum absolute atomic E-state index is 13.3. The summed E-state index contributed by atoms with van der Waals surface area (Å²) in [5.74, 6) is 0.0454. The minimum Gasteiger partial charge on any atom is -0.361 e. The molecular weight excluding hydrogens is 332 g/mol. The van der Waals surface area contributed by atoms with Crippen LogP contribution in [0.5, 0.6) is 0 Å². The van der Waals surface area contributed by atoms with Gasteiger partial charge in [0, 0.05) is 22.5 Å². The molecule has 136 valence electrons. The zero-order valence-corrected chi connectivity index (χ0v) is 16.0. The van der Waals surface area contributed by atoms with E-state index in [9.17, 15) is 4.79 Å². The van der Waals surface area contributed by atoms with Gasteiger partial charge in [0.25, 0.3) is 5.91 Å². The maximum atomic E-state index is 13.3. The fourth-order valence-electron chi connectivity index (χ4n) is 3.91. The molecule has 1 aliphatic rings. The molecule has 0 fully saturated rings. The van der Waals surface area contributed by atoms with Crippen molar-refractivity contribution in [3.8, 4) is 0 Å². The van der Waals surface area contributed by atoms with Crippen LogP contribution >= 0.6 is 0 Å². The SMILES string of the molecule is CCc1cccc(C)c1N[C@H]1c2ccccc2C(=O)N1c1ccccc1C. The molecule has 0 spiro atoms. The third-order valence-corrected chi connectivity index (χ3v) is 5.36. The number of benzene rings is 3. The molecule has 3 aromatic rings.